The van der Waals surface area contributed by atoms with Gasteiger partial charge in [-0.1, -0.05) is 35.3 Å². The average Bonchev–Trinajstić information content (AvgIpc) is 2.28. The van der Waals surface area contributed by atoms with Crippen molar-refractivity contribution in [1.82, 2.24) is 4.98 Å². The second-order valence-corrected chi connectivity index (χ2v) is 4.34. The predicted molar refractivity (Wildman–Crippen MR) is 68.0 cm³/mol. The summed E-state index contributed by atoms with van der Waals surface area (Å²) in [5, 5.41) is 3.80. The van der Waals surface area contributed by atoms with Crippen LogP contribution in [0.2, 0.25) is 10.0 Å². The standard InChI is InChI=1S/C12H9Cl2FN2/c13-9-3-1-2-8(4-9)6-16-12-11(15)5-10(14)7-17-12/h1-5,7H,6H2,(H,16,17). The lowest BCUT2D eigenvalue weighted by molar-refractivity contribution is 0.624. The van der Waals surface area contributed by atoms with Crippen molar-refractivity contribution in [2.75, 3.05) is 5.32 Å². The number of halogens is 3. The van der Waals surface area contributed by atoms with Crippen LogP contribution in [0.5, 0.6) is 0 Å². The van der Waals surface area contributed by atoms with E-state index in [-0.39, 0.29) is 10.8 Å². The molecule has 0 spiro atoms. The van der Waals surface area contributed by atoms with Crippen molar-refractivity contribution < 1.29 is 4.39 Å². The molecule has 0 atom stereocenters. The first-order chi connectivity index (χ1) is 8.15. The molecule has 2 rings (SSSR count). The van der Waals surface area contributed by atoms with Crippen LogP contribution in [-0.4, -0.2) is 4.98 Å². The average molecular weight is 271 g/mol. The summed E-state index contributed by atoms with van der Waals surface area (Å²) in [6, 6.07) is 8.54. The van der Waals surface area contributed by atoms with Crippen LogP contribution in [0.3, 0.4) is 0 Å². The number of benzene rings is 1. The molecule has 0 radical (unpaired) electrons. The van der Waals surface area contributed by atoms with Gasteiger partial charge in [0.25, 0.3) is 0 Å². The van der Waals surface area contributed by atoms with E-state index in [0.717, 1.165) is 5.56 Å². The SMILES string of the molecule is Fc1cc(Cl)cnc1NCc1cccc(Cl)c1. The fourth-order valence-electron chi connectivity index (χ4n) is 1.38. The minimum atomic E-state index is -0.473. The van der Waals surface area contributed by atoms with Crippen molar-refractivity contribution in [3.8, 4) is 0 Å². The second-order valence-electron chi connectivity index (χ2n) is 3.47. The number of nitrogens with zero attached hydrogens (tertiary/aromatic N) is 1. The number of aromatic nitrogens is 1. The zero-order chi connectivity index (χ0) is 12.3. The third-order valence-electron chi connectivity index (χ3n) is 2.16. The molecule has 0 saturated carbocycles. The van der Waals surface area contributed by atoms with Gasteiger partial charge in [-0.2, -0.15) is 0 Å². The van der Waals surface area contributed by atoms with E-state index in [2.05, 4.69) is 10.3 Å². The molecule has 88 valence electrons. The van der Waals surface area contributed by atoms with Crippen molar-refractivity contribution >= 4 is 29.0 Å². The van der Waals surface area contributed by atoms with Crippen molar-refractivity contribution in [2.24, 2.45) is 0 Å². The van der Waals surface area contributed by atoms with E-state index in [1.54, 1.807) is 6.07 Å². The molecule has 17 heavy (non-hydrogen) atoms. The molecular weight excluding hydrogens is 262 g/mol. The van der Waals surface area contributed by atoms with Gasteiger partial charge in [-0.05, 0) is 23.8 Å². The van der Waals surface area contributed by atoms with Crippen molar-refractivity contribution in [1.29, 1.82) is 0 Å². The van der Waals surface area contributed by atoms with Crippen LogP contribution >= 0.6 is 23.2 Å². The summed E-state index contributed by atoms with van der Waals surface area (Å²) in [5.41, 5.74) is 0.952. The van der Waals surface area contributed by atoms with Gasteiger partial charge in [-0.15, -0.1) is 0 Å². The smallest absolute Gasteiger partial charge is 0.166 e. The first-order valence-electron chi connectivity index (χ1n) is 4.94. The Balaban J connectivity index is 2.07. The van der Waals surface area contributed by atoms with Crippen LogP contribution in [-0.2, 0) is 6.54 Å². The van der Waals surface area contributed by atoms with E-state index in [1.807, 2.05) is 18.2 Å². The Hall–Kier alpha value is -1.32. The highest BCUT2D eigenvalue weighted by atomic mass is 35.5. The zero-order valence-corrected chi connectivity index (χ0v) is 10.3. The number of anilines is 1. The molecule has 0 amide bonds. The molecular formula is C12H9Cl2FN2. The molecule has 0 aliphatic rings. The van der Waals surface area contributed by atoms with E-state index in [0.29, 0.717) is 11.6 Å². The molecule has 2 aromatic rings. The first kappa shape index (κ1) is 12.1. The molecule has 1 heterocycles. The second kappa shape index (κ2) is 5.34. The lowest BCUT2D eigenvalue weighted by Gasteiger charge is -2.07. The molecule has 0 bridgehead atoms. The molecule has 0 aliphatic heterocycles. The van der Waals surface area contributed by atoms with E-state index in [1.165, 1.54) is 12.3 Å². The molecule has 0 unspecified atom stereocenters. The topological polar surface area (TPSA) is 24.9 Å². The lowest BCUT2D eigenvalue weighted by Crippen LogP contribution is -2.03. The monoisotopic (exact) mass is 270 g/mol. The Morgan fingerprint density at radius 1 is 1.18 bits per heavy atom. The summed E-state index contributed by atoms with van der Waals surface area (Å²) in [6.45, 7) is 0.451. The molecule has 0 fully saturated rings. The van der Waals surface area contributed by atoms with Gasteiger partial charge in [0.1, 0.15) is 0 Å². The maximum Gasteiger partial charge on any atom is 0.166 e. The van der Waals surface area contributed by atoms with Gasteiger partial charge in [-0.3, -0.25) is 0 Å². The molecule has 0 saturated heterocycles. The molecule has 2 nitrogen and oxygen atoms in total. The molecule has 1 N–H and O–H groups in total. The molecule has 1 aromatic heterocycles. The van der Waals surface area contributed by atoms with Gasteiger partial charge in [0, 0.05) is 17.8 Å². The van der Waals surface area contributed by atoms with Gasteiger partial charge in [0.15, 0.2) is 11.6 Å². The number of pyridine rings is 1. The van der Waals surface area contributed by atoms with Crippen LogP contribution in [0.15, 0.2) is 36.5 Å². The largest absolute Gasteiger partial charge is 0.364 e. The number of hydrogen-bond donors (Lipinski definition) is 1. The van der Waals surface area contributed by atoms with E-state index in [9.17, 15) is 4.39 Å². The minimum absolute atomic E-state index is 0.175. The normalized spacial score (nSPS) is 10.3. The number of rotatable bonds is 3. The fourth-order valence-corrected chi connectivity index (χ4v) is 1.73. The highest BCUT2D eigenvalue weighted by Crippen LogP contribution is 2.17. The maximum atomic E-state index is 13.4. The quantitative estimate of drug-likeness (QED) is 0.907. The van der Waals surface area contributed by atoms with Crippen LogP contribution in [0.25, 0.3) is 0 Å². The maximum absolute atomic E-state index is 13.4. The number of hydrogen-bond acceptors (Lipinski definition) is 2. The van der Waals surface area contributed by atoms with E-state index in [4.69, 9.17) is 23.2 Å². The summed E-state index contributed by atoms with van der Waals surface area (Å²) in [5.74, 6) is -0.297. The van der Waals surface area contributed by atoms with Crippen molar-refractivity contribution in [3.63, 3.8) is 0 Å². The third kappa shape index (κ3) is 3.32. The van der Waals surface area contributed by atoms with Crippen molar-refractivity contribution in [3.05, 3.63) is 58.0 Å². The predicted octanol–water partition coefficient (Wildman–Crippen LogP) is 4.14. The van der Waals surface area contributed by atoms with Gasteiger partial charge in [0.05, 0.1) is 5.02 Å². The Bertz CT molecular complexity index is 532. The lowest BCUT2D eigenvalue weighted by atomic mass is 10.2. The summed E-state index contributed by atoms with van der Waals surface area (Å²) < 4.78 is 13.4. The fraction of sp³-hybridized carbons (Fsp3) is 0.0833. The first-order valence-corrected chi connectivity index (χ1v) is 5.70. The summed E-state index contributed by atoms with van der Waals surface area (Å²) in [4.78, 5) is 3.86. The number of nitrogens with one attached hydrogen (secondary N) is 1. The summed E-state index contributed by atoms with van der Waals surface area (Å²) in [6.07, 6.45) is 1.39. The van der Waals surface area contributed by atoms with Crippen LogP contribution in [0.1, 0.15) is 5.56 Å². The van der Waals surface area contributed by atoms with Crippen LogP contribution in [0, 0.1) is 5.82 Å². The van der Waals surface area contributed by atoms with Gasteiger partial charge in [0.2, 0.25) is 0 Å². The van der Waals surface area contributed by atoms with Crippen LogP contribution in [0.4, 0.5) is 10.2 Å². The van der Waals surface area contributed by atoms with Gasteiger partial charge in [-0.25, -0.2) is 9.37 Å². The Morgan fingerprint density at radius 2 is 2.00 bits per heavy atom. The Kier molecular flexibility index (Phi) is 3.82. The van der Waals surface area contributed by atoms with Crippen molar-refractivity contribution in [2.45, 2.75) is 6.54 Å². The summed E-state index contributed by atoms with van der Waals surface area (Å²) >= 11 is 11.5. The van der Waals surface area contributed by atoms with E-state index >= 15 is 0 Å². The molecule has 0 aliphatic carbocycles. The van der Waals surface area contributed by atoms with Gasteiger partial charge < -0.3 is 5.32 Å². The molecule has 1 aromatic carbocycles. The molecule has 5 heteroatoms. The summed E-state index contributed by atoms with van der Waals surface area (Å²) in [7, 11) is 0. The zero-order valence-electron chi connectivity index (χ0n) is 8.75. The van der Waals surface area contributed by atoms with E-state index < -0.39 is 5.82 Å². The third-order valence-corrected chi connectivity index (χ3v) is 2.60. The van der Waals surface area contributed by atoms with Crippen LogP contribution < -0.4 is 5.32 Å². The van der Waals surface area contributed by atoms with Gasteiger partial charge >= 0.3 is 0 Å². The highest BCUT2D eigenvalue weighted by molar-refractivity contribution is 6.30. The highest BCUT2D eigenvalue weighted by Gasteiger charge is 2.04. The Labute approximate surface area is 108 Å². The Morgan fingerprint density at radius 3 is 2.71 bits per heavy atom. The minimum Gasteiger partial charge on any atom is -0.364 e.